The van der Waals surface area contributed by atoms with Gasteiger partial charge in [-0.2, -0.15) is 0 Å². The van der Waals surface area contributed by atoms with Crippen LogP contribution >= 0.6 is 0 Å². The average molecular weight is 364 g/mol. The largest absolute Gasteiger partial charge is 0.336 e. The molecule has 2 heterocycles. The van der Waals surface area contributed by atoms with E-state index in [0.29, 0.717) is 23.9 Å². The second-order valence-corrected chi connectivity index (χ2v) is 8.85. The Morgan fingerprint density at radius 1 is 1.36 bits per heavy atom. The summed E-state index contributed by atoms with van der Waals surface area (Å²) in [6.07, 6.45) is 5.77. The van der Waals surface area contributed by atoms with Gasteiger partial charge in [-0.1, -0.05) is 6.07 Å². The van der Waals surface area contributed by atoms with Crippen LogP contribution in [0.15, 0.2) is 30.5 Å². The molecule has 25 heavy (non-hydrogen) atoms. The molecule has 3 rings (SSSR count). The lowest BCUT2D eigenvalue weighted by Gasteiger charge is -2.36. The molecule has 1 atom stereocenters. The molecule has 1 aromatic carbocycles. The molecule has 0 saturated carbocycles. The molecule has 1 saturated heterocycles. The Kier molecular flexibility index (Phi) is 5.03. The Bertz CT molecular complexity index is 898. The monoisotopic (exact) mass is 364 g/mol. The van der Waals surface area contributed by atoms with Gasteiger partial charge in [0, 0.05) is 30.4 Å². The van der Waals surface area contributed by atoms with Crippen molar-refractivity contribution in [1.29, 1.82) is 0 Å². The van der Waals surface area contributed by atoms with Gasteiger partial charge in [-0.3, -0.25) is 9.78 Å². The molecule has 2 aromatic rings. The van der Waals surface area contributed by atoms with Crippen LogP contribution in [0.25, 0.3) is 10.9 Å². The fraction of sp³-hybridized carbons (Fsp3) is 0.444. The molecule has 0 spiro atoms. The lowest BCUT2D eigenvalue weighted by atomic mass is 9.98. The van der Waals surface area contributed by atoms with E-state index in [1.54, 1.807) is 23.2 Å². The summed E-state index contributed by atoms with van der Waals surface area (Å²) in [6.45, 7) is 0.554. The number of hydrogen-bond acceptors (Lipinski definition) is 4. The molecule has 134 valence electrons. The Hall–Kier alpha value is -2.02. The van der Waals surface area contributed by atoms with Crippen molar-refractivity contribution >= 4 is 26.6 Å². The highest BCUT2D eigenvalue weighted by molar-refractivity contribution is 7.90. The molecule has 1 aliphatic heterocycles. The normalized spacial score (nSPS) is 18.5. The molecule has 0 aliphatic carbocycles. The second-order valence-electron chi connectivity index (χ2n) is 6.60. The summed E-state index contributed by atoms with van der Waals surface area (Å²) in [6, 6.07) is 5.86. The van der Waals surface area contributed by atoms with E-state index in [9.17, 15) is 17.6 Å². The van der Waals surface area contributed by atoms with Gasteiger partial charge in [-0.15, -0.1) is 0 Å². The van der Waals surface area contributed by atoms with Crippen LogP contribution in [0.5, 0.6) is 0 Å². The first-order valence-corrected chi connectivity index (χ1v) is 10.4. The highest BCUT2D eigenvalue weighted by Crippen LogP contribution is 2.26. The Labute approximate surface area is 146 Å². The predicted octanol–water partition coefficient (Wildman–Crippen LogP) is 2.80. The quantitative estimate of drug-likeness (QED) is 0.837. The zero-order valence-electron chi connectivity index (χ0n) is 14.1. The van der Waals surface area contributed by atoms with E-state index in [1.165, 1.54) is 18.4 Å². The highest BCUT2D eigenvalue weighted by Gasteiger charge is 2.29. The van der Waals surface area contributed by atoms with Gasteiger partial charge in [0.2, 0.25) is 0 Å². The van der Waals surface area contributed by atoms with Crippen molar-refractivity contribution < 1.29 is 17.6 Å². The molecule has 5 nitrogen and oxygen atoms in total. The number of likely N-dealkylation sites (tertiary alicyclic amines) is 1. The molecule has 1 amide bonds. The number of rotatable bonds is 4. The first-order chi connectivity index (χ1) is 11.8. The van der Waals surface area contributed by atoms with Gasteiger partial charge in [0.15, 0.2) is 0 Å². The van der Waals surface area contributed by atoms with Crippen molar-refractivity contribution in [2.24, 2.45) is 0 Å². The number of carbonyl (C=O) groups excluding carboxylic acids is 1. The lowest BCUT2D eigenvalue weighted by Crippen LogP contribution is -2.44. The van der Waals surface area contributed by atoms with Crippen LogP contribution in [0.4, 0.5) is 4.39 Å². The van der Waals surface area contributed by atoms with Gasteiger partial charge in [-0.25, -0.2) is 12.8 Å². The summed E-state index contributed by atoms with van der Waals surface area (Å²) in [7, 11) is -3.09. The number of hydrogen-bond donors (Lipinski definition) is 0. The van der Waals surface area contributed by atoms with Crippen LogP contribution in [0.2, 0.25) is 0 Å². The van der Waals surface area contributed by atoms with Gasteiger partial charge >= 0.3 is 0 Å². The number of pyridine rings is 1. The van der Waals surface area contributed by atoms with Gasteiger partial charge in [-0.05, 0) is 43.9 Å². The molecular formula is C18H21FN2O3S. The molecule has 0 radical (unpaired) electrons. The third-order valence-corrected chi connectivity index (χ3v) is 5.59. The molecule has 1 unspecified atom stereocenters. The third kappa shape index (κ3) is 4.15. The van der Waals surface area contributed by atoms with E-state index in [-0.39, 0.29) is 23.3 Å². The molecule has 1 aliphatic rings. The number of aromatic nitrogens is 1. The summed E-state index contributed by atoms with van der Waals surface area (Å²) >= 11 is 0. The number of sulfone groups is 1. The fourth-order valence-corrected chi connectivity index (χ4v) is 4.09. The van der Waals surface area contributed by atoms with Crippen LogP contribution in [-0.4, -0.2) is 48.8 Å². The summed E-state index contributed by atoms with van der Waals surface area (Å²) in [5, 5.41) is 0.579. The SMILES string of the molecule is CS(=O)(=O)CCC1CCCCN1C(=O)c1cc(F)cc2cccnc12. The van der Waals surface area contributed by atoms with Crippen LogP contribution in [-0.2, 0) is 9.84 Å². The van der Waals surface area contributed by atoms with E-state index in [4.69, 9.17) is 0 Å². The van der Waals surface area contributed by atoms with Crippen molar-refractivity contribution in [1.82, 2.24) is 9.88 Å². The zero-order valence-corrected chi connectivity index (χ0v) is 14.9. The highest BCUT2D eigenvalue weighted by atomic mass is 32.2. The van der Waals surface area contributed by atoms with Crippen LogP contribution in [0, 0.1) is 5.82 Å². The molecular weight excluding hydrogens is 343 g/mol. The van der Waals surface area contributed by atoms with E-state index in [2.05, 4.69) is 4.98 Å². The second kappa shape index (κ2) is 7.07. The number of amides is 1. The molecule has 0 bridgehead atoms. The minimum absolute atomic E-state index is 0.0452. The predicted molar refractivity (Wildman–Crippen MR) is 94.7 cm³/mol. The van der Waals surface area contributed by atoms with Crippen LogP contribution in [0.1, 0.15) is 36.0 Å². The number of benzene rings is 1. The van der Waals surface area contributed by atoms with Crippen LogP contribution < -0.4 is 0 Å². The van der Waals surface area contributed by atoms with Crippen molar-refractivity contribution in [3.63, 3.8) is 0 Å². The minimum atomic E-state index is -3.09. The Balaban J connectivity index is 1.93. The number of fused-ring (bicyclic) bond motifs is 1. The van der Waals surface area contributed by atoms with Crippen molar-refractivity contribution in [3.8, 4) is 0 Å². The maximum atomic E-state index is 13.9. The van der Waals surface area contributed by atoms with Crippen molar-refractivity contribution in [3.05, 3.63) is 41.8 Å². The summed E-state index contributed by atoms with van der Waals surface area (Å²) in [4.78, 5) is 19.0. The lowest BCUT2D eigenvalue weighted by molar-refractivity contribution is 0.0610. The fourth-order valence-electron chi connectivity index (χ4n) is 3.39. The summed E-state index contributed by atoms with van der Waals surface area (Å²) in [5.74, 6) is -0.709. The number of halogens is 1. The van der Waals surface area contributed by atoms with Crippen molar-refractivity contribution in [2.45, 2.75) is 31.7 Å². The number of nitrogens with zero attached hydrogens (tertiary/aromatic N) is 2. The first-order valence-electron chi connectivity index (χ1n) is 8.38. The summed E-state index contributed by atoms with van der Waals surface area (Å²) in [5.41, 5.74) is 0.711. The maximum Gasteiger partial charge on any atom is 0.256 e. The van der Waals surface area contributed by atoms with Gasteiger partial charge in [0.25, 0.3) is 5.91 Å². The number of piperidine rings is 1. The van der Waals surface area contributed by atoms with Crippen molar-refractivity contribution in [2.75, 3.05) is 18.6 Å². The molecule has 7 heteroatoms. The van der Waals surface area contributed by atoms with E-state index in [0.717, 1.165) is 19.3 Å². The molecule has 1 aromatic heterocycles. The van der Waals surface area contributed by atoms with Gasteiger partial charge in [0.05, 0.1) is 16.8 Å². The Morgan fingerprint density at radius 2 is 2.16 bits per heavy atom. The smallest absolute Gasteiger partial charge is 0.256 e. The van der Waals surface area contributed by atoms with E-state index >= 15 is 0 Å². The van der Waals surface area contributed by atoms with Gasteiger partial charge < -0.3 is 4.90 Å². The Morgan fingerprint density at radius 3 is 2.92 bits per heavy atom. The first kappa shape index (κ1) is 17.8. The third-order valence-electron chi connectivity index (χ3n) is 4.61. The summed E-state index contributed by atoms with van der Waals surface area (Å²) < 4.78 is 36.9. The van der Waals surface area contributed by atoms with E-state index < -0.39 is 15.7 Å². The minimum Gasteiger partial charge on any atom is -0.336 e. The average Bonchev–Trinajstić information content (AvgIpc) is 2.58. The maximum absolute atomic E-state index is 13.9. The zero-order chi connectivity index (χ0) is 18.0. The van der Waals surface area contributed by atoms with Crippen LogP contribution in [0.3, 0.4) is 0 Å². The number of carbonyl (C=O) groups is 1. The molecule has 0 N–H and O–H groups in total. The standard InChI is InChI=1S/C18H21FN2O3S/c1-25(23,24)10-7-15-6-2-3-9-21(15)18(22)16-12-14(19)11-13-5-4-8-20-17(13)16/h4-5,8,11-12,15H,2-3,6-7,9-10H2,1H3. The molecule has 1 fully saturated rings. The van der Waals surface area contributed by atoms with E-state index in [1.807, 2.05) is 0 Å². The van der Waals surface area contributed by atoms with Gasteiger partial charge in [0.1, 0.15) is 15.7 Å². The topological polar surface area (TPSA) is 67.3 Å².